The minimum atomic E-state index is 0.236. The van der Waals surface area contributed by atoms with Gasteiger partial charge in [-0.05, 0) is 193 Å². The van der Waals surface area contributed by atoms with Crippen molar-refractivity contribution in [1.29, 1.82) is 0 Å². The van der Waals surface area contributed by atoms with Gasteiger partial charge in [-0.2, -0.15) is 0 Å². The third kappa shape index (κ3) is 16.9. The van der Waals surface area contributed by atoms with Crippen molar-refractivity contribution in [2.75, 3.05) is 65.9 Å². The first-order valence-corrected chi connectivity index (χ1v) is 30.4. The average Bonchev–Trinajstić information content (AvgIpc) is 3.95. The van der Waals surface area contributed by atoms with E-state index in [2.05, 4.69) is 261 Å². The molecule has 2 fully saturated rings. The van der Waals surface area contributed by atoms with Crippen LogP contribution in [0.4, 0.5) is 22.7 Å². The standard InChI is InChI=1S/C17H27N.C16H23N.C15H23N.C14H21N.C11H16/c1-12-11-17(5,6)18(7)15-9-8-13(10-14(12)15)16(2,3)4;1-16(2,3)14-10-12-6-4-8-17-9-5-7-13(11-14)15(12)17;1-15(2,3)13-7-9-14(10-8-13)16-11-5-4-6-12-16;1-14(2,3)12-6-8-13(9-7-12)15-10-4-5-11-15;1-9-5-7-10(8-6-9)11(2,3)4/h8-10,12H,11H2,1-7H3;10-11H,4-9H2,1-3H3;7-10H,4-6,11-12H2,1-3H3;6-9H,4-5,10-11H2,1-3H3;5-8H,1-4H3. The maximum Gasteiger partial charge on any atom is 0.0431 e. The molecule has 0 N–H and O–H groups in total. The van der Waals surface area contributed by atoms with E-state index >= 15 is 0 Å². The number of piperidine rings is 1. The molecule has 5 heterocycles. The monoisotopic (exact) mass is 1040 g/mol. The Kier molecular flexibility index (Phi) is 20.1. The number of aryl methyl sites for hydroxylation is 3. The first-order valence-electron chi connectivity index (χ1n) is 30.4. The third-order valence-corrected chi connectivity index (χ3v) is 17.3. The molecule has 0 saturated carbocycles. The summed E-state index contributed by atoms with van der Waals surface area (Å²) in [5, 5.41) is 0. The van der Waals surface area contributed by atoms with Gasteiger partial charge < -0.3 is 19.6 Å². The zero-order valence-electron chi connectivity index (χ0n) is 53.0. The largest absolute Gasteiger partial charge is 0.372 e. The highest BCUT2D eigenvalue weighted by atomic mass is 15.2. The van der Waals surface area contributed by atoms with E-state index < -0.39 is 0 Å². The molecule has 0 aliphatic carbocycles. The van der Waals surface area contributed by atoms with Gasteiger partial charge in [-0.25, -0.2) is 0 Å². The van der Waals surface area contributed by atoms with Crippen LogP contribution >= 0.6 is 0 Å². The highest BCUT2D eigenvalue weighted by Gasteiger charge is 2.35. The van der Waals surface area contributed by atoms with Gasteiger partial charge in [0.05, 0.1) is 0 Å². The summed E-state index contributed by atoms with van der Waals surface area (Å²) >= 11 is 0. The fraction of sp³-hybridized carbons (Fsp3) is 0.589. The van der Waals surface area contributed by atoms with E-state index in [0.29, 0.717) is 5.92 Å². The van der Waals surface area contributed by atoms with Crippen molar-refractivity contribution in [3.63, 3.8) is 0 Å². The van der Waals surface area contributed by atoms with E-state index in [4.69, 9.17) is 0 Å². The number of hydrogen-bond donors (Lipinski definition) is 0. The average molecular weight is 1040 g/mol. The number of anilines is 4. The summed E-state index contributed by atoms with van der Waals surface area (Å²) in [7, 11) is 2.22. The number of benzene rings is 5. The van der Waals surface area contributed by atoms with Crippen LogP contribution in [0.2, 0.25) is 0 Å². The van der Waals surface area contributed by atoms with Gasteiger partial charge in [0.15, 0.2) is 0 Å². The zero-order chi connectivity index (χ0) is 56.7. The molecule has 5 aliphatic heterocycles. The lowest BCUT2D eigenvalue weighted by atomic mass is 9.77. The van der Waals surface area contributed by atoms with Crippen LogP contribution in [0.25, 0.3) is 0 Å². The summed E-state index contributed by atoms with van der Waals surface area (Å²) in [6.45, 7) is 50.7. The zero-order valence-corrected chi connectivity index (χ0v) is 53.0. The second-order valence-electron chi connectivity index (χ2n) is 29.5. The van der Waals surface area contributed by atoms with Crippen molar-refractivity contribution in [3.8, 4) is 0 Å². The summed E-state index contributed by atoms with van der Waals surface area (Å²) in [6, 6.07) is 38.9. The Morgan fingerprint density at radius 1 is 0.403 bits per heavy atom. The van der Waals surface area contributed by atoms with Crippen LogP contribution in [-0.4, -0.2) is 51.9 Å². The SMILES string of the molecule is CC(C)(C)c1cc2c3c(c1)CCCN3CCC2.CC(C)(C)c1ccc(N2CCCC2)cc1.CC(C)(C)c1ccc(N2CCCCC2)cc1.CC1CC(C)(C)N(C)c2ccc(C(C)(C)C)cc21.Cc1ccc(C(C)(C)C)cc1. The van der Waals surface area contributed by atoms with Crippen LogP contribution in [-0.2, 0) is 39.9 Å². The van der Waals surface area contributed by atoms with Crippen LogP contribution in [0.3, 0.4) is 0 Å². The van der Waals surface area contributed by atoms with E-state index in [-0.39, 0.29) is 32.6 Å². The highest BCUT2D eigenvalue weighted by Crippen LogP contribution is 2.44. The van der Waals surface area contributed by atoms with Crippen LogP contribution in [0, 0.1) is 6.92 Å². The lowest BCUT2D eigenvalue weighted by Gasteiger charge is -2.45. The smallest absolute Gasteiger partial charge is 0.0431 e. The Morgan fingerprint density at radius 3 is 1.14 bits per heavy atom. The maximum atomic E-state index is 2.62. The van der Waals surface area contributed by atoms with Gasteiger partial charge in [0.2, 0.25) is 0 Å². The van der Waals surface area contributed by atoms with Crippen LogP contribution < -0.4 is 19.6 Å². The van der Waals surface area contributed by atoms with Crippen LogP contribution in [0.15, 0.2) is 103 Å². The number of nitrogens with zero attached hydrogens (tertiary/aromatic N) is 4. The predicted octanol–water partition coefficient (Wildman–Crippen LogP) is 19.2. The topological polar surface area (TPSA) is 13.0 Å². The molecule has 5 aliphatic rings. The van der Waals surface area contributed by atoms with E-state index in [9.17, 15) is 0 Å². The second-order valence-corrected chi connectivity index (χ2v) is 29.5. The van der Waals surface area contributed by atoms with E-state index in [1.54, 1.807) is 16.8 Å². The van der Waals surface area contributed by atoms with Gasteiger partial charge in [0.1, 0.15) is 0 Å². The molecule has 0 bridgehead atoms. The molecular weight excluding hydrogens is 933 g/mol. The normalized spacial score (nSPS) is 18.2. The van der Waals surface area contributed by atoms with Gasteiger partial charge in [-0.15, -0.1) is 0 Å². The molecule has 2 saturated heterocycles. The van der Waals surface area contributed by atoms with E-state index in [1.165, 1.54) is 159 Å². The van der Waals surface area contributed by atoms with E-state index in [1.807, 2.05) is 0 Å². The molecule has 10 rings (SSSR count). The minimum Gasteiger partial charge on any atom is -0.372 e. The molecule has 1 atom stereocenters. The van der Waals surface area contributed by atoms with Crippen molar-refractivity contribution in [2.24, 2.45) is 0 Å². The van der Waals surface area contributed by atoms with Gasteiger partial charge in [-0.1, -0.05) is 189 Å². The lowest BCUT2D eigenvalue weighted by molar-refractivity contribution is 0.394. The molecule has 0 radical (unpaired) electrons. The number of fused-ring (bicyclic) bond motifs is 1. The molecule has 0 aromatic heterocycles. The molecule has 422 valence electrons. The Bertz CT molecular complexity index is 2570. The van der Waals surface area contributed by atoms with Crippen molar-refractivity contribution in [1.82, 2.24) is 0 Å². The second kappa shape index (κ2) is 25.2. The lowest BCUT2D eigenvalue weighted by Crippen LogP contribution is -2.45. The Balaban J connectivity index is 0.000000157. The fourth-order valence-corrected chi connectivity index (χ4v) is 11.8. The predicted molar refractivity (Wildman–Crippen MR) is 342 cm³/mol. The summed E-state index contributed by atoms with van der Waals surface area (Å²) in [5.74, 6) is 0.647. The van der Waals surface area contributed by atoms with Crippen molar-refractivity contribution in [3.05, 3.63) is 153 Å². The highest BCUT2D eigenvalue weighted by molar-refractivity contribution is 5.65. The quantitative estimate of drug-likeness (QED) is 0.175. The number of rotatable bonds is 2. The molecule has 4 heteroatoms. The van der Waals surface area contributed by atoms with Crippen molar-refractivity contribution >= 4 is 22.7 Å². The molecule has 0 amide bonds. The first kappa shape index (κ1) is 61.5. The molecular formula is C73H110N4. The summed E-state index contributed by atoms with van der Waals surface area (Å²) < 4.78 is 0. The van der Waals surface area contributed by atoms with Gasteiger partial charge >= 0.3 is 0 Å². The Labute approximate surface area is 473 Å². The Hall–Kier alpha value is -4.70. The summed E-state index contributed by atoms with van der Waals surface area (Å²) in [6.07, 6.45) is 13.2. The van der Waals surface area contributed by atoms with Gasteiger partial charge in [0, 0.05) is 74.6 Å². The van der Waals surface area contributed by atoms with Crippen molar-refractivity contribution in [2.45, 2.75) is 234 Å². The summed E-state index contributed by atoms with van der Waals surface area (Å²) in [4.78, 5) is 10.0. The van der Waals surface area contributed by atoms with Crippen LogP contribution in [0.1, 0.15) is 232 Å². The van der Waals surface area contributed by atoms with Gasteiger partial charge in [-0.3, -0.25) is 0 Å². The minimum absolute atomic E-state index is 0.236. The summed E-state index contributed by atoms with van der Waals surface area (Å²) in [5.41, 5.74) is 20.7. The third-order valence-electron chi connectivity index (χ3n) is 17.3. The molecule has 5 aromatic rings. The molecule has 1 unspecified atom stereocenters. The maximum absolute atomic E-state index is 2.62. The van der Waals surface area contributed by atoms with Gasteiger partial charge in [0.25, 0.3) is 0 Å². The molecule has 4 nitrogen and oxygen atoms in total. The van der Waals surface area contributed by atoms with E-state index in [0.717, 1.165) is 0 Å². The van der Waals surface area contributed by atoms with Crippen LogP contribution in [0.5, 0.6) is 0 Å². The number of hydrogen-bond acceptors (Lipinski definition) is 4. The Morgan fingerprint density at radius 2 is 0.753 bits per heavy atom. The van der Waals surface area contributed by atoms with Crippen molar-refractivity contribution < 1.29 is 0 Å². The molecule has 5 aromatic carbocycles. The molecule has 0 spiro atoms. The first-order chi connectivity index (χ1) is 35.8. The fourth-order valence-electron chi connectivity index (χ4n) is 11.8. The molecule has 77 heavy (non-hydrogen) atoms.